The summed E-state index contributed by atoms with van der Waals surface area (Å²) in [6.45, 7) is 15.0. The van der Waals surface area contributed by atoms with Crippen LogP contribution in [0.1, 0.15) is 39.7 Å². The summed E-state index contributed by atoms with van der Waals surface area (Å²) in [6.07, 6.45) is 4.81. The monoisotopic (exact) mass is 358 g/mol. The molecule has 1 aliphatic rings. The molecule has 2 aromatic rings. The van der Waals surface area contributed by atoms with Gasteiger partial charge in [-0.05, 0) is 55.1 Å². The average Bonchev–Trinajstić information content (AvgIpc) is 2.95. The van der Waals surface area contributed by atoms with Crippen LogP contribution >= 0.6 is 0 Å². The van der Waals surface area contributed by atoms with E-state index in [0.29, 0.717) is 23.1 Å². The second-order valence-electron chi connectivity index (χ2n) is 9.18. The second kappa shape index (κ2) is 6.90. The van der Waals surface area contributed by atoms with Crippen LogP contribution < -0.4 is 5.32 Å². The van der Waals surface area contributed by atoms with Crippen molar-refractivity contribution >= 4 is 19.2 Å². The Balaban J connectivity index is 1.47. The molecule has 1 saturated carbocycles. The van der Waals surface area contributed by atoms with E-state index in [1.54, 1.807) is 0 Å². The van der Waals surface area contributed by atoms with E-state index >= 15 is 0 Å². The lowest BCUT2D eigenvalue weighted by atomic mass is 9.78. The summed E-state index contributed by atoms with van der Waals surface area (Å²) in [5.74, 6) is 0.608. The van der Waals surface area contributed by atoms with Crippen molar-refractivity contribution in [3.8, 4) is 0 Å². The minimum atomic E-state index is -1.65. The van der Waals surface area contributed by atoms with Crippen molar-refractivity contribution in [2.75, 3.05) is 6.54 Å². The summed E-state index contributed by atoms with van der Waals surface area (Å²) >= 11 is 0. The number of benzene rings is 1. The number of nitrogens with one attached hydrogen (secondary N) is 2. The van der Waals surface area contributed by atoms with Gasteiger partial charge in [0.15, 0.2) is 8.32 Å². The van der Waals surface area contributed by atoms with Gasteiger partial charge in [0.05, 0.1) is 6.10 Å². The number of hydrogen-bond donors (Lipinski definition) is 2. The Morgan fingerprint density at radius 2 is 1.96 bits per heavy atom. The van der Waals surface area contributed by atoms with Crippen molar-refractivity contribution in [3.05, 3.63) is 36.0 Å². The highest BCUT2D eigenvalue weighted by Crippen LogP contribution is 2.41. The van der Waals surface area contributed by atoms with Crippen LogP contribution in [0.5, 0.6) is 0 Å². The van der Waals surface area contributed by atoms with E-state index in [-0.39, 0.29) is 0 Å². The maximum absolute atomic E-state index is 6.58. The van der Waals surface area contributed by atoms with Gasteiger partial charge >= 0.3 is 0 Å². The number of hydrogen-bond acceptors (Lipinski definition) is 2. The molecular formula is C21H34N2OSi. The maximum Gasteiger partial charge on any atom is 0.192 e. The molecular weight excluding hydrogens is 324 g/mol. The lowest BCUT2D eigenvalue weighted by molar-refractivity contribution is 0.0104. The van der Waals surface area contributed by atoms with Gasteiger partial charge in [0.2, 0.25) is 0 Å². The third kappa shape index (κ3) is 3.86. The summed E-state index contributed by atoms with van der Waals surface area (Å²) in [5, 5.41) is 5.39. The minimum absolute atomic E-state index is 0.292. The van der Waals surface area contributed by atoms with Crippen molar-refractivity contribution in [3.63, 3.8) is 0 Å². The van der Waals surface area contributed by atoms with Gasteiger partial charge in [-0.2, -0.15) is 0 Å². The van der Waals surface area contributed by atoms with Crippen molar-refractivity contribution in [2.24, 2.45) is 5.92 Å². The molecule has 3 rings (SSSR count). The Bertz CT molecular complexity index is 716. The molecule has 3 unspecified atom stereocenters. The summed E-state index contributed by atoms with van der Waals surface area (Å²) in [6, 6.07) is 9.14. The average molecular weight is 359 g/mol. The van der Waals surface area contributed by atoms with Gasteiger partial charge in [-0.15, -0.1) is 0 Å². The lowest BCUT2D eigenvalue weighted by Crippen LogP contribution is -2.58. The fourth-order valence-electron chi connectivity index (χ4n) is 3.45. The first kappa shape index (κ1) is 18.7. The zero-order valence-corrected chi connectivity index (χ0v) is 17.6. The molecule has 3 atom stereocenters. The van der Waals surface area contributed by atoms with Crippen LogP contribution in [0.15, 0.2) is 30.5 Å². The predicted octanol–water partition coefficient (Wildman–Crippen LogP) is 5.10. The zero-order chi connectivity index (χ0) is 18.2. The quantitative estimate of drug-likeness (QED) is 0.705. The van der Waals surface area contributed by atoms with E-state index < -0.39 is 8.32 Å². The second-order valence-corrected chi connectivity index (χ2v) is 13.9. The van der Waals surface area contributed by atoms with Gasteiger partial charge in [-0.1, -0.05) is 45.9 Å². The minimum Gasteiger partial charge on any atom is -0.414 e. The molecule has 4 heteroatoms. The molecule has 0 aliphatic heterocycles. The van der Waals surface area contributed by atoms with Gasteiger partial charge in [0.1, 0.15) is 0 Å². The van der Waals surface area contributed by atoms with E-state index in [4.69, 9.17) is 4.43 Å². The number of rotatable bonds is 6. The molecule has 25 heavy (non-hydrogen) atoms. The first-order chi connectivity index (χ1) is 11.7. The van der Waals surface area contributed by atoms with Crippen LogP contribution in [0.25, 0.3) is 10.9 Å². The molecule has 0 spiro atoms. The molecule has 0 bridgehead atoms. The molecule has 1 heterocycles. The third-order valence-electron chi connectivity index (χ3n) is 6.44. The highest BCUT2D eigenvalue weighted by Gasteiger charge is 2.45. The molecule has 138 valence electrons. The van der Waals surface area contributed by atoms with Crippen LogP contribution in [-0.2, 0) is 10.8 Å². The molecule has 0 radical (unpaired) electrons. The Morgan fingerprint density at radius 3 is 2.64 bits per heavy atom. The van der Waals surface area contributed by atoms with Crippen LogP contribution in [0, 0.1) is 5.92 Å². The summed E-state index contributed by atoms with van der Waals surface area (Å²) in [7, 11) is -1.65. The first-order valence-corrected chi connectivity index (χ1v) is 12.6. The third-order valence-corrected chi connectivity index (χ3v) is 10.9. The molecule has 3 nitrogen and oxygen atoms in total. The molecule has 1 aromatic carbocycles. The van der Waals surface area contributed by atoms with Crippen LogP contribution in [0.2, 0.25) is 18.1 Å². The van der Waals surface area contributed by atoms with Crippen molar-refractivity contribution < 1.29 is 4.43 Å². The fourth-order valence-corrected chi connectivity index (χ4v) is 4.87. The topological polar surface area (TPSA) is 37.0 Å². The molecule has 0 amide bonds. The molecule has 0 saturated heterocycles. The van der Waals surface area contributed by atoms with Crippen LogP contribution in [-0.4, -0.2) is 32.0 Å². The van der Waals surface area contributed by atoms with Gasteiger partial charge in [-0.3, -0.25) is 0 Å². The van der Waals surface area contributed by atoms with E-state index in [1.165, 1.54) is 16.5 Å². The molecule has 1 fully saturated rings. The Kier molecular flexibility index (Phi) is 5.15. The van der Waals surface area contributed by atoms with E-state index in [9.17, 15) is 0 Å². The highest BCUT2D eigenvalue weighted by molar-refractivity contribution is 6.74. The number of aromatic nitrogens is 1. The Labute approximate surface area is 153 Å². The summed E-state index contributed by atoms with van der Waals surface area (Å²) in [4.78, 5) is 3.37. The number of para-hydroxylation sites is 1. The van der Waals surface area contributed by atoms with Gasteiger partial charge in [0.25, 0.3) is 0 Å². The Hall–Kier alpha value is -1.10. The largest absolute Gasteiger partial charge is 0.414 e. The predicted molar refractivity (Wildman–Crippen MR) is 110 cm³/mol. The molecule has 1 aromatic heterocycles. The lowest BCUT2D eigenvalue weighted by Gasteiger charge is -2.49. The highest BCUT2D eigenvalue weighted by atomic mass is 28.4. The van der Waals surface area contributed by atoms with Crippen LogP contribution in [0.3, 0.4) is 0 Å². The molecule has 2 N–H and O–H groups in total. The summed E-state index contributed by atoms with van der Waals surface area (Å²) in [5.41, 5.74) is 2.64. The smallest absolute Gasteiger partial charge is 0.192 e. The zero-order valence-electron chi connectivity index (χ0n) is 16.6. The van der Waals surface area contributed by atoms with E-state index in [1.807, 2.05) is 0 Å². The van der Waals surface area contributed by atoms with Crippen molar-refractivity contribution in [1.29, 1.82) is 0 Å². The first-order valence-electron chi connectivity index (χ1n) is 9.65. The SMILES string of the molecule is CC1C(NCCc2c[nH]c3ccccc23)CC1O[Si](C)(C)C(C)(C)C. The summed E-state index contributed by atoms with van der Waals surface area (Å²) < 4.78 is 6.58. The standard InChI is InChI=1S/C21H34N2OSi/c1-15-19(13-20(15)24-25(5,6)21(2,3)4)22-12-11-16-14-23-18-10-8-7-9-17(16)18/h7-10,14-15,19-20,22-23H,11-13H2,1-6H3. The maximum atomic E-state index is 6.58. The van der Waals surface area contributed by atoms with Crippen LogP contribution in [0.4, 0.5) is 0 Å². The molecule has 1 aliphatic carbocycles. The van der Waals surface area contributed by atoms with E-state index in [2.05, 4.69) is 81.6 Å². The van der Waals surface area contributed by atoms with Gasteiger partial charge in [-0.25, -0.2) is 0 Å². The Morgan fingerprint density at radius 1 is 1.24 bits per heavy atom. The normalized spacial score (nSPS) is 24.5. The fraction of sp³-hybridized carbons (Fsp3) is 0.619. The number of fused-ring (bicyclic) bond motifs is 1. The van der Waals surface area contributed by atoms with Gasteiger partial charge in [0, 0.05) is 23.1 Å². The number of H-pyrrole nitrogens is 1. The number of aromatic amines is 1. The van der Waals surface area contributed by atoms with Gasteiger partial charge < -0.3 is 14.7 Å². The van der Waals surface area contributed by atoms with Crippen molar-refractivity contribution in [1.82, 2.24) is 10.3 Å². The van der Waals surface area contributed by atoms with Crippen molar-refractivity contribution in [2.45, 2.75) is 70.8 Å². The van der Waals surface area contributed by atoms with E-state index in [0.717, 1.165) is 19.4 Å².